The number of carbonyl (C=O) groups excluding carboxylic acids is 1. The number of rotatable bonds is 10. The first kappa shape index (κ1) is 25.9. The van der Waals surface area contributed by atoms with E-state index in [0.29, 0.717) is 46.7 Å². The minimum atomic E-state index is -2.77. The number of fused-ring (bicyclic) bond motifs is 1. The van der Waals surface area contributed by atoms with Gasteiger partial charge in [0.15, 0.2) is 11.6 Å². The van der Waals surface area contributed by atoms with Gasteiger partial charge in [-0.05, 0) is 36.8 Å². The van der Waals surface area contributed by atoms with Gasteiger partial charge in [0.2, 0.25) is 5.91 Å². The van der Waals surface area contributed by atoms with Crippen LogP contribution < -0.4 is 24.4 Å². The molecule has 0 aliphatic rings. The monoisotopic (exact) mass is 520 g/mol. The molecule has 0 saturated heterocycles. The van der Waals surface area contributed by atoms with Crippen LogP contribution in [0.25, 0.3) is 11.0 Å². The van der Waals surface area contributed by atoms with Crippen LogP contribution in [0, 0.1) is 0 Å². The van der Waals surface area contributed by atoms with Crippen LogP contribution in [0.15, 0.2) is 66.7 Å². The number of methoxy groups -OCH3 is 2. The zero-order chi connectivity index (χ0) is 26.4. The second-order valence-corrected chi connectivity index (χ2v) is 8.77. The first-order chi connectivity index (χ1) is 17.9. The van der Waals surface area contributed by atoms with Crippen LogP contribution in [-0.2, 0) is 16.1 Å². The molecule has 1 amide bonds. The molecular weight excluding hydrogens is 494 g/mol. The number of para-hydroxylation sites is 2. The standard InChI is InChI=1S/C26H27N5O5S/c1-4-8-24(32)27-17-9-7-10-19(13-17)31(37(33)34)26-25(29-22-11-5-6-12-23(22)30-26)28-18-14-20(35-2)16-21(15-18)36-3/h5-7,9-16H,4,8H2,1-3H3,(H,27,32)(H,28,29)(H,33,34)/p-1. The number of aromatic nitrogens is 2. The third-order valence-electron chi connectivity index (χ3n) is 5.35. The number of hydrogen-bond acceptors (Lipinski definition) is 8. The topological polar surface area (TPSA) is 129 Å². The molecule has 192 valence electrons. The minimum absolute atomic E-state index is 0.0471. The molecule has 0 fully saturated rings. The Morgan fingerprint density at radius 2 is 1.62 bits per heavy atom. The lowest BCUT2D eigenvalue weighted by molar-refractivity contribution is -0.116. The number of amides is 1. The third kappa shape index (κ3) is 6.13. The van der Waals surface area contributed by atoms with Gasteiger partial charge in [0.05, 0.1) is 42.2 Å². The lowest BCUT2D eigenvalue weighted by Gasteiger charge is -2.27. The number of ether oxygens (including phenoxy) is 2. The van der Waals surface area contributed by atoms with E-state index in [1.807, 2.05) is 13.0 Å². The van der Waals surface area contributed by atoms with Gasteiger partial charge in [0, 0.05) is 36.0 Å². The van der Waals surface area contributed by atoms with Crippen LogP contribution in [0.5, 0.6) is 11.5 Å². The molecule has 0 spiro atoms. The first-order valence-electron chi connectivity index (χ1n) is 11.5. The van der Waals surface area contributed by atoms with E-state index in [1.54, 1.807) is 60.7 Å². The molecule has 1 atom stereocenters. The van der Waals surface area contributed by atoms with E-state index in [1.165, 1.54) is 14.2 Å². The summed E-state index contributed by atoms with van der Waals surface area (Å²) in [4.78, 5) is 21.4. The Morgan fingerprint density at radius 1 is 0.946 bits per heavy atom. The van der Waals surface area contributed by atoms with Gasteiger partial charge in [-0.1, -0.05) is 25.1 Å². The summed E-state index contributed by atoms with van der Waals surface area (Å²) in [6.45, 7) is 1.91. The molecule has 0 radical (unpaired) electrons. The van der Waals surface area contributed by atoms with Gasteiger partial charge >= 0.3 is 0 Å². The Kier molecular flexibility index (Phi) is 8.16. The summed E-state index contributed by atoms with van der Waals surface area (Å²) in [5.74, 6) is 1.16. The molecule has 2 N–H and O–H groups in total. The zero-order valence-corrected chi connectivity index (χ0v) is 21.4. The minimum Gasteiger partial charge on any atom is -0.755 e. The summed E-state index contributed by atoms with van der Waals surface area (Å²) in [5, 5.41) is 5.96. The van der Waals surface area contributed by atoms with Crippen LogP contribution in [-0.4, -0.2) is 38.9 Å². The van der Waals surface area contributed by atoms with E-state index in [4.69, 9.17) is 9.47 Å². The Morgan fingerprint density at radius 3 is 2.24 bits per heavy atom. The van der Waals surface area contributed by atoms with E-state index < -0.39 is 11.3 Å². The maximum Gasteiger partial charge on any atom is 0.224 e. The predicted octanol–water partition coefficient (Wildman–Crippen LogP) is 5.06. The Hall–Kier alpha value is -4.22. The van der Waals surface area contributed by atoms with Crippen molar-refractivity contribution in [3.05, 3.63) is 66.7 Å². The van der Waals surface area contributed by atoms with Crippen LogP contribution in [0.2, 0.25) is 0 Å². The summed E-state index contributed by atoms with van der Waals surface area (Å²) in [6.07, 6.45) is 1.05. The molecule has 4 aromatic rings. The van der Waals surface area contributed by atoms with Crippen LogP contribution in [0.1, 0.15) is 19.8 Å². The van der Waals surface area contributed by atoms with Crippen molar-refractivity contribution in [1.82, 2.24) is 9.97 Å². The number of nitrogens with zero attached hydrogens (tertiary/aromatic N) is 3. The average molecular weight is 521 g/mol. The van der Waals surface area contributed by atoms with E-state index >= 15 is 0 Å². The predicted molar refractivity (Wildman–Crippen MR) is 143 cm³/mol. The van der Waals surface area contributed by atoms with Crippen LogP contribution in [0.4, 0.5) is 28.7 Å². The van der Waals surface area contributed by atoms with Gasteiger partial charge in [0.25, 0.3) is 0 Å². The van der Waals surface area contributed by atoms with Crippen molar-refractivity contribution in [3.63, 3.8) is 0 Å². The molecule has 1 heterocycles. The van der Waals surface area contributed by atoms with Gasteiger partial charge in [-0.15, -0.1) is 0 Å². The number of benzene rings is 3. The van der Waals surface area contributed by atoms with Crippen molar-refractivity contribution < 1.29 is 23.0 Å². The van der Waals surface area contributed by atoms with Crippen LogP contribution in [0.3, 0.4) is 0 Å². The number of nitrogens with one attached hydrogen (secondary N) is 2. The van der Waals surface area contributed by atoms with E-state index in [0.717, 1.165) is 4.31 Å². The number of hydrogen-bond donors (Lipinski definition) is 2. The van der Waals surface area contributed by atoms with Gasteiger partial charge in [-0.3, -0.25) is 13.3 Å². The molecule has 37 heavy (non-hydrogen) atoms. The normalized spacial score (nSPS) is 11.6. The summed E-state index contributed by atoms with van der Waals surface area (Å²) < 4.78 is 36.9. The van der Waals surface area contributed by atoms with Gasteiger partial charge in [0.1, 0.15) is 11.5 Å². The molecule has 0 aliphatic carbocycles. The largest absolute Gasteiger partial charge is 0.755 e. The van der Waals surface area contributed by atoms with Crippen molar-refractivity contribution in [3.8, 4) is 11.5 Å². The van der Waals surface area contributed by atoms with Crippen molar-refractivity contribution in [2.45, 2.75) is 19.8 Å². The smallest absolute Gasteiger partial charge is 0.224 e. The van der Waals surface area contributed by atoms with Gasteiger partial charge in [-0.25, -0.2) is 9.97 Å². The lowest BCUT2D eigenvalue weighted by atomic mass is 10.2. The SMILES string of the molecule is CCCC(=O)Nc1cccc(N(c2nc3ccccc3nc2Nc2cc(OC)cc(OC)c2)S(=O)[O-])c1. The second-order valence-electron chi connectivity index (χ2n) is 7.97. The molecular formula is C26H26N5O5S-. The average Bonchev–Trinajstić information content (AvgIpc) is 2.89. The second kappa shape index (κ2) is 11.7. The molecule has 1 unspecified atom stereocenters. The fourth-order valence-electron chi connectivity index (χ4n) is 3.67. The van der Waals surface area contributed by atoms with Gasteiger partial charge in [-0.2, -0.15) is 0 Å². The molecule has 1 aromatic heterocycles. The molecule has 0 aliphatic heterocycles. The lowest BCUT2D eigenvalue weighted by Crippen LogP contribution is -2.22. The summed E-state index contributed by atoms with van der Waals surface area (Å²) in [6, 6.07) is 18.8. The number of anilines is 5. The molecule has 4 rings (SSSR count). The highest BCUT2D eigenvalue weighted by atomic mass is 32.2. The molecule has 0 bridgehead atoms. The fraction of sp³-hybridized carbons (Fsp3) is 0.192. The molecule has 11 heteroatoms. The highest BCUT2D eigenvalue weighted by Crippen LogP contribution is 2.36. The third-order valence-corrected chi connectivity index (χ3v) is 6.03. The van der Waals surface area contributed by atoms with E-state index in [9.17, 15) is 13.6 Å². The fourth-order valence-corrected chi connectivity index (χ4v) is 4.23. The maximum atomic E-state index is 12.6. The Labute approximate surface area is 217 Å². The first-order valence-corrected chi connectivity index (χ1v) is 12.5. The quantitative estimate of drug-likeness (QED) is 0.278. The Balaban J connectivity index is 1.83. The van der Waals surface area contributed by atoms with Crippen molar-refractivity contribution in [2.75, 3.05) is 29.2 Å². The summed E-state index contributed by atoms with van der Waals surface area (Å²) in [7, 11) is 3.07. The molecule has 0 saturated carbocycles. The summed E-state index contributed by atoms with van der Waals surface area (Å²) in [5.41, 5.74) is 2.37. The van der Waals surface area contributed by atoms with Crippen LogP contribution >= 0.6 is 0 Å². The van der Waals surface area contributed by atoms with Crippen molar-refractivity contribution in [2.24, 2.45) is 0 Å². The maximum absolute atomic E-state index is 12.6. The highest BCUT2D eigenvalue weighted by Gasteiger charge is 2.20. The molecule has 10 nitrogen and oxygen atoms in total. The van der Waals surface area contributed by atoms with Crippen molar-refractivity contribution in [1.29, 1.82) is 0 Å². The van der Waals surface area contributed by atoms with Crippen molar-refractivity contribution >= 4 is 56.9 Å². The molecule has 3 aromatic carbocycles. The zero-order valence-electron chi connectivity index (χ0n) is 20.6. The van der Waals surface area contributed by atoms with Gasteiger partial charge < -0.3 is 24.7 Å². The van der Waals surface area contributed by atoms with E-state index in [-0.39, 0.29) is 23.2 Å². The summed E-state index contributed by atoms with van der Waals surface area (Å²) >= 11 is -2.77. The highest BCUT2D eigenvalue weighted by molar-refractivity contribution is 7.81. The van der Waals surface area contributed by atoms with E-state index in [2.05, 4.69) is 20.6 Å². The number of carbonyl (C=O) groups is 1. The Bertz CT molecular complexity index is 1430.